The molecule has 2 unspecified atom stereocenters. The second kappa shape index (κ2) is 4.67. The second-order valence-electron chi connectivity index (χ2n) is 4.77. The number of para-hydroxylation sites is 1. The van der Waals surface area contributed by atoms with Crippen LogP contribution in [0.4, 0.5) is 0 Å². The van der Waals surface area contributed by atoms with Gasteiger partial charge in [-0.1, -0.05) is 18.2 Å². The van der Waals surface area contributed by atoms with Gasteiger partial charge in [-0.2, -0.15) is 0 Å². The van der Waals surface area contributed by atoms with Crippen LogP contribution >= 0.6 is 0 Å². The van der Waals surface area contributed by atoms with E-state index in [1.165, 1.54) is 0 Å². The molecule has 1 aromatic carbocycles. The maximum atomic E-state index is 5.98. The van der Waals surface area contributed by atoms with Gasteiger partial charge in [-0.05, 0) is 25.0 Å². The summed E-state index contributed by atoms with van der Waals surface area (Å²) in [7, 11) is 0. The zero-order valence-corrected chi connectivity index (χ0v) is 9.93. The molecule has 0 radical (unpaired) electrons. The molecule has 17 heavy (non-hydrogen) atoms. The van der Waals surface area contributed by atoms with Crippen molar-refractivity contribution in [3.05, 3.63) is 30.3 Å². The molecule has 0 N–H and O–H groups in total. The molecular formula is C14H18O3. The summed E-state index contributed by atoms with van der Waals surface area (Å²) in [6.45, 7) is 1.46. The highest BCUT2D eigenvalue weighted by Crippen LogP contribution is 2.39. The maximum Gasteiger partial charge on any atom is 0.169 e. The first-order valence-electron chi connectivity index (χ1n) is 6.36. The molecule has 3 rings (SSSR count). The lowest BCUT2D eigenvalue weighted by molar-refractivity contribution is -0.202. The molecule has 0 bridgehead atoms. The van der Waals surface area contributed by atoms with E-state index < -0.39 is 0 Å². The summed E-state index contributed by atoms with van der Waals surface area (Å²) in [4.78, 5) is 0. The lowest BCUT2D eigenvalue weighted by Gasteiger charge is -2.23. The zero-order chi connectivity index (χ0) is 11.6. The largest absolute Gasteiger partial charge is 0.491 e. The van der Waals surface area contributed by atoms with Crippen molar-refractivity contribution < 1.29 is 14.2 Å². The number of rotatable bonds is 3. The van der Waals surface area contributed by atoms with Crippen LogP contribution in [-0.2, 0) is 9.47 Å². The van der Waals surface area contributed by atoms with Crippen molar-refractivity contribution in [2.24, 2.45) is 0 Å². The van der Waals surface area contributed by atoms with Gasteiger partial charge in [0.25, 0.3) is 0 Å². The lowest BCUT2D eigenvalue weighted by atomic mass is 10.1. The average Bonchev–Trinajstić information content (AvgIpc) is 2.99. The summed E-state index contributed by atoms with van der Waals surface area (Å²) in [5.74, 6) is 0.634. The molecule has 3 nitrogen and oxygen atoms in total. The highest BCUT2D eigenvalue weighted by molar-refractivity contribution is 5.20. The molecule has 1 aromatic rings. The molecule has 2 aliphatic rings. The van der Waals surface area contributed by atoms with Crippen LogP contribution in [0.1, 0.15) is 25.7 Å². The minimum atomic E-state index is -0.273. The molecular weight excluding hydrogens is 216 g/mol. The van der Waals surface area contributed by atoms with E-state index in [-0.39, 0.29) is 11.9 Å². The normalized spacial score (nSPS) is 32.1. The molecule has 2 heterocycles. The van der Waals surface area contributed by atoms with Crippen LogP contribution in [0, 0.1) is 0 Å². The Morgan fingerprint density at radius 3 is 2.88 bits per heavy atom. The number of ether oxygens (including phenoxy) is 3. The van der Waals surface area contributed by atoms with Gasteiger partial charge in [0.1, 0.15) is 12.4 Å². The summed E-state index contributed by atoms with van der Waals surface area (Å²) >= 11 is 0. The molecule has 2 aliphatic heterocycles. The highest BCUT2D eigenvalue weighted by Gasteiger charge is 2.43. The molecule has 2 saturated heterocycles. The van der Waals surface area contributed by atoms with E-state index in [4.69, 9.17) is 14.2 Å². The standard InChI is InChI=1S/C14H18O3/c1-2-5-12(6-3-1)15-11-13-7-9-14(17-13)8-4-10-16-14/h1-3,5-6,13H,4,7-11H2. The van der Waals surface area contributed by atoms with Gasteiger partial charge in [0.05, 0.1) is 12.7 Å². The Morgan fingerprint density at radius 2 is 2.12 bits per heavy atom. The van der Waals surface area contributed by atoms with Gasteiger partial charge in [-0.15, -0.1) is 0 Å². The molecule has 3 heteroatoms. The van der Waals surface area contributed by atoms with Gasteiger partial charge >= 0.3 is 0 Å². The third-order valence-corrected chi connectivity index (χ3v) is 3.47. The predicted molar refractivity (Wildman–Crippen MR) is 64.0 cm³/mol. The average molecular weight is 234 g/mol. The first-order chi connectivity index (χ1) is 8.36. The maximum absolute atomic E-state index is 5.98. The first kappa shape index (κ1) is 11.1. The molecule has 2 fully saturated rings. The van der Waals surface area contributed by atoms with Crippen LogP contribution in [0.5, 0.6) is 5.75 Å². The van der Waals surface area contributed by atoms with E-state index in [9.17, 15) is 0 Å². The zero-order valence-electron chi connectivity index (χ0n) is 9.93. The van der Waals surface area contributed by atoms with Crippen molar-refractivity contribution in [2.45, 2.75) is 37.6 Å². The fourth-order valence-electron chi connectivity index (χ4n) is 2.59. The highest BCUT2D eigenvalue weighted by atomic mass is 16.7. The van der Waals surface area contributed by atoms with Crippen molar-refractivity contribution in [1.29, 1.82) is 0 Å². The molecule has 0 aromatic heterocycles. The first-order valence-corrected chi connectivity index (χ1v) is 6.36. The number of hydrogen-bond acceptors (Lipinski definition) is 3. The molecule has 92 valence electrons. The molecule has 0 amide bonds. The van der Waals surface area contributed by atoms with E-state index in [1.807, 2.05) is 30.3 Å². The van der Waals surface area contributed by atoms with E-state index >= 15 is 0 Å². The number of hydrogen-bond donors (Lipinski definition) is 0. The van der Waals surface area contributed by atoms with Crippen molar-refractivity contribution in [1.82, 2.24) is 0 Å². The van der Waals surface area contributed by atoms with E-state index in [2.05, 4.69) is 0 Å². The van der Waals surface area contributed by atoms with Crippen LogP contribution < -0.4 is 4.74 Å². The van der Waals surface area contributed by atoms with Crippen molar-refractivity contribution in [3.63, 3.8) is 0 Å². The van der Waals surface area contributed by atoms with Crippen LogP contribution in [-0.4, -0.2) is 25.1 Å². The van der Waals surface area contributed by atoms with Gasteiger partial charge in [-0.25, -0.2) is 0 Å². The second-order valence-corrected chi connectivity index (χ2v) is 4.77. The fourth-order valence-corrected chi connectivity index (χ4v) is 2.59. The van der Waals surface area contributed by atoms with E-state index in [1.54, 1.807) is 0 Å². The minimum absolute atomic E-state index is 0.174. The smallest absolute Gasteiger partial charge is 0.169 e. The predicted octanol–water partition coefficient (Wildman–Crippen LogP) is 2.75. The molecule has 0 aliphatic carbocycles. The lowest BCUT2D eigenvalue weighted by Crippen LogP contribution is -2.29. The Hall–Kier alpha value is -1.06. The number of benzene rings is 1. The molecule has 1 spiro atoms. The van der Waals surface area contributed by atoms with E-state index in [0.29, 0.717) is 6.61 Å². The van der Waals surface area contributed by atoms with Crippen molar-refractivity contribution >= 4 is 0 Å². The van der Waals surface area contributed by atoms with Crippen LogP contribution in [0.2, 0.25) is 0 Å². The summed E-state index contributed by atoms with van der Waals surface area (Å²) in [5, 5.41) is 0. The minimum Gasteiger partial charge on any atom is -0.491 e. The van der Waals surface area contributed by atoms with Gasteiger partial charge in [0, 0.05) is 12.8 Å². The third-order valence-electron chi connectivity index (χ3n) is 3.47. The van der Waals surface area contributed by atoms with E-state index in [0.717, 1.165) is 38.0 Å². The SMILES string of the molecule is c1ccc(OCC2CCC3(CCCO3)O2)cc1. The van der Waals surface area contributed by atoms with Crippen LogP contribution in [0.15, 0.2) is 30.3 Å². The Kier molecular flexibility index (Phi) is 3.04. The Morgan fingerprint density at radius 1 is 1.24 bits per heavy atom. The summed E-state index contributed by atoms with van der Waals surface area (Å²) < 4.78 is 17.4. The molecule has 0 saturated carbocycles. The van der Waals surface area contributed by atoms with Gasteiger partial charge in [0.2, 0.25) is 0 Å². The van der Waals surface area contributed by atoms with Gasteiger partial charge in [0.15, 0.2) is 5.79 Å². The summed E-state index contributed by atoms with van der Waals surface area (Å²) in [5.41, 5.74) is 0. The van der Waals surface area contributed by atoms with Crippen molar-refractivity contribution in [2.75, 3.05) is 13.2 Å². The van der Waals surface area contributed by atoms with Gasteiger partial charge in [-0.3, -0.25) is 0 Å². The van der Waals surface area contributed by atoms with Crippen LogP contribution in [0.25, 0.3) is 0 Å². The Balaban J connectivity index is 1.51. The summed E-state index contributed by atoms with van der Waals surface area (Å²) in [6, 6.07) is 9.88. The third kappa shape index (κ3) is 2.45. The Bertz CT molecular complexity index is 357. The topological polar surface area (TPSA) is 27.7 Å². The quantitative estimate of drug-likeness (QED) is 0.805. The monoisotopic (exact) mass is 234 g/mol. The van der Waals surface area contributed by atoms with Crippen molar-refractivity contribution in [3.8, 4) is 5.75 Å². The van der Waals surface area contributed by atoms with Gasteiger partial charge < -0.3 is 14.2 Å². The Labute approximate surface area is 102 Å². The molecule has 2 atom stereocenters. The summed E-state index contributed by atoms with van der Waals surface area (Å²) in [6.07, 6.45) is 4.37. The fraction of sp³-hybridized carbons (Fsp3) is 0.571. The van der Waals surface area contributed by atoms with Crippen LogP contribution in [0.3, 0.4) is 0 Å².